The summed E-state index contributed by atoms with van der Waals surface area (Å²) in [5.74, 6) is -2.09. The standard InChI is InChI=1S/C25H18N2O8/c1-14-3-4-15(12-21(14)27(32)33)22(28)13-35-25(31)16-5-10-19-20(11-16)24(30)26(23(19)29)17-6-8-18(34-2)9-7-17/h3-12H,13H2,1-2H3. The number of amides is 2. The van der Waals surface area contributed by atoms with Gasteiger partial charge in [0, 0.05) is 17.2 Å². The molecular formula is C25H18N2O8. The van der Waals surface area contributed by atoms with Crippen LogP contribution >= 0.6 is 0 Å². The lowest BCUT2D eigenvalue weighted by Gasteiger charge is -2.14. The van der Waals surface area contributed by atoms with Gasteiger partial charge in [-0.2, -0.15) is 0 Å². The number of carbonyl (C=O) groups excluding carboxylic acids is 4. The van der Waals surface area contributed by atoms with Gasteiger partial charge < -0.3 is 9.47 Å². The maximum atomic E-state index is 12.9. The van der Waals surface area contributed by atoms with Gasteiger partial charge in [0.15, 0.2) is 6.61 Å². The number of ether oxygens (including phenoxy) is 2. The molecule has 3 aromatic carbocycles. The second-order valence-electron chi connectivity index (χ2n) is 7.66. The Morgan fingerprint density at radius 3 is 2.23 bits per heavy atom. The van der Waals surface area contributed by atoms with E-state index in [1.54, 1.807) is 31.2 Å². The van der Waals surface area contributed by atoms with Gasteiger partial charge in [0.2, 0.25) is 5.78 Å². The lowest BCUT2D eigenvalue weighted by molar-refractivity contribution is -0.385. The van der Waals surface area contributed by atoms with Gasteiger partial charge >= 0.3 is 5.97 Å². The molecule has 10 nitrogen and oxygen atoms in total. The number of ketones is 1. The molecule has 0 atom stereocenters. The second kappa shape index (κ2) is 9.18. The molecule has 2 amide bonds. The van der Waals surface area contributed by atoms with E-state index in [0.717, 1.165) is 11.0 Å². The van der Waals surface area contributed by atoms with Crippen LogP contribution in [0, 0.1) is 17.0 Å². The quantitative estimate of drug-likeness (QED) is 0.166. The van der Waals surface area contributed by atoms with Crippen molar-refractivity contribution in [1.82, 2.24) is 0 Å². The van der Waals surface area contributed by atoms with Crippen LogP contribution in [0.15, 0.2) is 60.7 Å². The summed E-state index contributed by atoms with van der Waals surface area (Å²) in [7, 11) is 1.50. The minimum absolute atomic E-state index is 0.0239. The van der Waals surface area contributed by atoms with E-state index in [0.29, 0.717) is 17.0 Å². The van der Waals surface area contributed by atoms with Gasteiger partial charge in [-0.05, 0) is 49.4 Å². The van der Waals surface area contributed by atoms with Crippen LogP contribution < -0.4 is 9.64 Å². The molecule has 0 radical (unpaired) electrons. The molecule has 0 spiro atoms. The number of nitro benzene ring substituents is 1. The van der Waals surface area contributed by atoms with Crippen molar-refractivity contribution in [3.05, 3.63) is 98.6 Å². The molecule has 4 rings (SSSR count). The summed E-state index contributed by atoms with van der Waals surface area (Å²) in [6, 6.07) is 14.2. The van der Waals surface area contributed by atoms with E-state index in [9.17, 15) is 29.3 Å². The Morgan fingerprint density at radius 1 is 0.914 bits per heavy atom. The van der Waals surface area contributed by atoms with Crippen LogP contribution in [0.4, 0.5) is 11.4 Å². The molecule has 0 bridgehead atoms. The monoisotopic (exact) mass is 474 g/mol. The van der Waals surface area contributed by atoms with Crippen LogP contribution in [0.3, 0.4) is 0 Å². The number of esters is 1. The molecule has 35 heavy (non-hydrogen) atoms. The zero-order valence-electron chi connectivity index (χ0n) is 18.6. The molecular weight excluding hydrogens is 456 g/mol. The van der Waals surface area contributed by atoms with Gasteiger partial charge in [-0.1, -0.05) is 12.1 Å². The summed E-state index contributed by atoms with van der Waals surface area (Å²) in [5, 5.41) is 11.1. The Morgan fingerprint density at radius 2 is 1.57 bits per heavy atom. The number of nitrogens with zero attached hydrogens (tertiary/aromatic N) is 2. The van der Waals surface area contributed by atoms with E-state index >= 15 is 0 Å². The fourth-order valence-corrected chi connectivity index (χ4v) is 3.61. The molecule has 0 fully saturated rings. The number of rotatable bonds is 7. The Labute approximate surface area is 198 Å². The topological polar surface area (TPSA) is 133 Å². The van der Waals surface area contributed by atoms with Gasteiger partial charge in [0.25, 0.3) is 17.5 Å². The average molecular weight is 474 g/mol. The predicted molar refractivity (Wildman–Crippen MR) is 123 cm³/mol. The molecule has 1 heterocycles. The molecule has 10 heteroatoms. The summed E-state index contributed by atoms with van der Waals surface area (Å²) >= 11 is 0. The Balaban J connectivity index is 1.49. The lowest BCUT2D eigenvalue weighted by atomic mass is 10.1. The minimum Gasteiger partial charge on any atom is -0.497 e. The fourth-order valence-electron chi connectivity index (χ4n) is 3.61. The van der Waals surface area contributed by atoms with Crippen LogP contribution in [0.1, 0.15) is 47.0 Å². The molecule has 3 aromatic rings. The third-order valence-electron chi connectivity index (χ3n) is 5.52. The largest absolute Gasteiger partial charge is 0.497 e. The highest BCUT2D eigenvalue weighted by atomic mass is 16.6. The minimum atomic E-state index is -0.883. The van der Waals surface area contributed by atoms with Crippen molar-refractivity contribution in [2.24, 2.45) is 0 Å². The zero-order valence-corrected chi connectivity index (χ0v) is 18.6. The number of anilines is 1. The smallest absolute Gasteiger partial charge is 0.338 e. The number of aryl methyl sites for hydroxylation is 1. The number of benzene rings is 3. The molecule has 0 unspecified atom stereocenters. The van der Waals surface area contributed by atoms with E-state index in [2.05, 4.69) is 0 Å². The second-order valence-corrected chi connectivity index (χ2v) is 7.66. The Hall–Kier alpha value is -4.86. The maximum absolute atomic E-state index is 12.9. The predicted octanol–water partition coefficient (Wildman–Crippen LogP) is 3.75. The first kappa shape index (κ1) is 23.3. The number of hydrogen-bond acceptors (Lipinski definition) is 8. The normalized spacial score (nSPS) is 12.3. The summed E-state index contributed by atoms with van der Waals surface area (Å²) in [5.41, 5.74) is 0.684. The molecule has 1 aliphatic heterocycles. The SMILES string of the molecule is COc1ccc(N2C(=O)c3ccc(C(=O)OCC(=O)c4ccc(C)c([N+](=O)[O-])c4)cc3C2=O)cc1. The zero-order chi connectivity index (χ0) is 25.3. The molecule has 176 valence electrons. The Bertz CT molecular complexity index is 1400. The molecule has 0 N–H and O–H groups in total. The third kappa shape index (κ3) is 4.36. The number of fused-ring (bicyclic) bond motifs is 1. The van der Waals surface area contributed by atoms with E-state index in [4.69, 9.17) is 9.47 Å². The highest BCUT2D eigenvalue weighted by Crippen LogP contribution is 2.30. The van der Waals surface area contributed by atoms with Crippen molar-refractivity contribution in [3.8, 4) is 5.75 Å². The van der Waals surface area contributed by atoms with Crippen molar-refractivity contribution < 1.29 is 33.6 Å². The van der Waals surface area contributed by atoms with Crippen molar-refractivity contribution in [2.75, 3.05) is 18.6 Å². The summed E-state index contributed by atoms with van der Waals surface area (Å²) in [4.78, 5) is 62.1. The van der Waals surface area contributed by atoms with Gasteiger partial charge in [0.05, 0.1) is 34.4 Å². The van der Waals surface area contributed by atoms with Crippen LogP contribution in [-0.2, 0) is 4.74 Å². The summed E-state index contributed by atoms with van der Waals surface area (Å²) in [6.07, 6.45) is 0. The van der Waals surface area contributed by atoms with Crippen LogP contribution in [0.5, 0.6) is 5.75 Å². The van der Waals surface area contributed by atoms with Gasteiger partial charge in [-0.3, -0.25) is 24.5 Å². The van der Waals surface area contributed by atoms with Gasteiger partial charge in [-0.15, -0.1) is 0 Å². The molecule has 0 aromatic heterocycles. The highest BCUT2D eigenvalue weighted by molar-refractivity contribution is 6.34. The number of imide groups is 1. The first-order valence-corrected chi connectivity index (χ1v) is 10.3. The number of nitro groups is 1. The van der Waals surface area contributed by atoms with Gasteiger partial charge in [-0.25, -0.2) is 9.69 Å². The molecule has 0 saturated carbocycles. The first-order valence-electron chi connectivity index (χ1n) is 10.3. The van der Waals surface area contributed by atoms with Crippen molar-refractivity contribution in [2.45, 2.75) is 6.92 Å². The van der Waals surface area contributed by atoms with E-state index in [1.807, 2.05) is 0 Å². The van der Waals surface area contributed by atoms with Gasteiger partial charge in [0.1, 0.15) is 5.75 Å². The summed E-state index contributed by atoms with van der Waals surface area (Å²) < 4.78 is 10.1. The summed E-state index contributed by atoms with van der Waals surface area (Å²) in [6.45, 7) is 0.892. The van der Waals surface area contributed by atoms with Crippen molar-refractivity contribution in [1.29, 1.82) is 0 Å². The molecule has 1 aliphatic rings. The van der Waals surface area contributed by atoms with Crippen LogP contribution in [0.2, 0.25) is 0 Å². The average Bonchev–Trinajstić information content (AvgIpc) is 3.11. The number of carbonyl (C=O) groups is 4. The third-order valence-corrected chi connectivity index (χ3v) is 5.52. The molecule has 0 aliphatic carbocycles. The first-order chi connectivity index (χ1) is 16.7. The van der Waals surface area contributed by atoms with E-state index in [-0.39, 0.29) is 27.9 Å². The van der Waals surface area contributed by atoms with Crippen molar-refractivity contribution in [3.63, 3.8) is 0 Å². The van der Waals surface area contributed by atoms with Crippen LogP contribution in [0.25, 0.3) is 0 Å². The fraction of sp³-hybridized carbons (Fsp3) is 0.120. The van der Waals surface area contributed by atoms with E-state index in [1.165, 1.54) is 37.4 Å². The maximum Gasteiger partial charge on any atom is 0.338 e. The number of hydrogen-bond donors (Lipinski definition) is 0. The number of Topliss-reactive ketones (excluding diaryl/α,β-unsaturated/α-hetero) is 1. The van der Waals surface area contributed by atoms with Crippen molar-refractivity contribution >= 4 is 34.9 Å². The van der Waals surface area contributed by atoms with Crippen LogP contribution in [-0.4, -0.2) is 42.2 Å². The Kier molecular flexibility index (Phi) is 6.11. The highest BCUT2D eigenvalue weighted by Gasteiger charge is 2.37. The number of methoxy groups -OCH3 is 1. The lowest BCUT2D eigenvalue weighted by Crippen LogP contribution is -2.29. The van der Waals surface area contributed by atoms with E-state index < -0.39 is 35.1 Å². The molecule has 0 saturated heterocycles.